The number of hydrogen-bond donors (Lipinski definition) is 4. The third kappa shape index (κ3) is 8.32. The molecule has 1 atom stereocenters. The first-order valence-corrected chi connectivity index (χ1v) is 15.8. The van der Waals surface area contributed by atoms with Crippen LogP contribution in [-0.2, 0) is 17.7 Å². The number of halogens is 2. The van der Waals surface area contributed by atoms with Crippen LogP contribution in [0.1, 0.15) is 97.2 Å². The zero-order valence-electron chi connectivity index (χ0n) is 28.2. The molecule has 0 spiro atoms. The molecule has 1 aliphatic rings. The van der Waals surface area contributed by atoms with E-state index in [1.807, 2.05) is 6.92 Å². The standard InChI is InChI=1S/C31H29F2N5O6.C5H6N2/c1-15-17-8-10-23(19(17)7-6-18(15)30(43)44-31(2,3)4)37-28(40)25-12-24(36-26-20(29(41)42)14-35-38(25)26)27(39)34-13-16-5-9-21(32)22(33)11-16;6-5-2-1-3-7-4-5/h5-7,9,11-12,14,23H,8,10,13H2,1-4H3,(H,34,39)(H,37,40)(H,41,42);1-4H,6H2/t23-;/m0./s1. The lowest BCUT2D eigenvalue weighted by Crippen LogP contribution is -2.31. The molecule has 1 aliphatic carbocycles. The number of pyridine rings is 1. The van der Waals surface area contributed by atoms with Crippen LogP contribution in [0.3, 0.4) is 0 Å². The summed E-state index contributed by atoms with van der Waals surface area (Å²) in [6.45, 7) is 7.01. The Balaban J connectivity index is 0.000000643. The number of nitrogens with two attached hydrogens (primary N) is 1. The number of nitrogens with one attached hydrogen (secondary N) is 2. The van der Waals surface area contributed by atoms with Crippen molar-refractivity contribution in [3.63, 3.8) is 0 Å². The number of carbonyl (C=O) groups excluding carboxylic acids is 3. The van der Waals surface area contributed by atoms with Crippen molar-refractivity contribution < 1.29 is 37.8 Å². The maximum atomic E-state index is 13.6. The fourth-order valence-corrected chi connectivity index (χ4v) is 5.51. The summed E-state index contributed by atoms with van der Waals surface area (Å²) in [5.74, 6) is -5.33. The van der Waals surface area contributed by atoms with Gasteiger partial charge in [-0.15, -0.1) is 0 Å². The minimum atomic E-state index is -1.36. The number of carbonyl (C=O) groups is 4. The lowest BCUT2D eigenvalue weighted by molar-refractivity contribution is 0.00681. The molecule has 15 heteroatoms. The highest BCUT2D eigenvalue weighted by Crippen LogP contribution is 2.35. The van der Waals surface area contributed by atoms with Crippen molar-refractivity contribution in [3.05, 3.63) is 124 Å². The molecule has 0 aliphatic heterocycles. The van der Waals surface area contributed by atoms with Gasteiger partial charge in [-0.2, -0.15) is 5.10 Å². The molecule has 0 bridgehead atoms. The summed E-state index contributed by atoms with van der Waals surface area (Å²) < 4.78 is 33.4. The Kier molecular flexibility index (Phi) is 10.4. The number of aromatic nitrogens is 4. The SMILES string of the molecule is Cc1c(C(=O)OC(C)(C)C)ccc2c1CC[C@@H]2NC(=O)c1cc(C(=O)NCc2ccc(F)c(F)c2)nc2c(C(=O)O)cnn12.Nc1cccnc1. The molecular formula is C36H35F2N7O6. The van der Waals surface area contributed by atoms with Crippen molar-refractivity contribution in [2.75, 3.05) is 5.73 Å². The van der Waals surface area contributed by atoms with E-state index in [1.165, 1.54) is 12.1 Å². The number of rotatable bonds is 7. The monoisotopic (exact) mass is 699 g/mol. The second-order valence-corrected chi connectivity index (χ2v) is 12.7. The van der Waals surface area contributed by atoms with Crippen LogP contribution in [0.5, 0.6) is 0 Å². The molecule has 3 heterocycles. The number of anilines is 1. The highest BCUT2D eigenvalue weighted by Gasteiger charge is 2.30. The van der Waals surface area contributed by atoms with E-state index in [1.54, 1.807) is 57.4 Å². The van der Waals surface area contributed by atoms with Crippen molar-refractivity contribution in [2.45, 2.75) is 58.7 Å². The van der Waals surface area contributed by atoms with E-state index in [2.05, 4.69) is 25.7 Å². The van der Waals surface area contributed by atoms with E-state index in [-0.39, 0.29) is 34.7 Å². The molecule has 0 radical (unpaired) electrons. The molecule has 0 unspecified atom stereocenters. The summed E-state index contributed by atoms with van der Waals surface area (Å²) in [6, 6.07) is 10.9. The van der Waals surface area contributed by atoms with Crippen LogP contribution in [0, 0.1) is 18.6 Å². The Morgan fingerprint density at radius 3 is 2.41 bits per heavy atom. The van der Waals surface area contributed by atoms with Gasteiger partial charge in [-0.25, -0.2) is 27.9 Å². The number of hydrogen-bond acceptors (Lipinski definition) is 9. The predicted octanol–water partition coefficient (Wildman–Crippen LogP) is 4.98. The van der Waals surface area contributed by atoms with Gasteiger partial charge in [0.05, 0.1) is 23.5 Å². The van der Waals surface area contributed by atoms with Crippen LogP contribution < -0.4 is 16.4 Å². The Morgan fingerprint density at radius 2 is 1.78 bits per heavy atom. The van der Waals surface area contributed by atoms with Crippen LogP contribution in [0.4, 0.5) is 14.5 Å². The first-order chi connectivity index (χ1) is 24.1. The van der Waals surface area contributed by atoms with Gasteiger partial charge in [0.15, 0.2) is 17.3 Å². The second kappa shape index (κ2) is 14.7. The molecule has 0 saturated carbocycles. The first-order valence-electron chi connectivity index (χ1n) is 15.8. The number of nitrogens with zero attached hydrogens (tertiary/aromatic N) is 4. The Morgan fingerprint density at radius 1 is 1.02 bits per heavy atom. The quantitative estimate of drug-likeness (QED) is 0.169. The minimum absolute atomic E-state index is 0.143. The van der Waals surface area contributed by atoms with Crippen molar-refractivity contribution in [1.29, 1.82) is 0 Å². The zero-order chi connectivity index (χ0) is 37.0. The summed E-state index contributed by atoms with van der Waals surface area (Å²) in [5.41, 5.74) is 7.59. The molecular weight excluding hydrogens is 664 g/mol. The van der Waals surface area contributed by atoms with Gasteiger partial charge in [0, 0.05) is 25.0 Å². The van der Waals surface area contributed by atoms with Gasteiger partial charge >= 0.3 is 11.9 Å². The Hall–Kier alpha value is -6.25. The number of esters is 1. The molecule has 264 valence electrons. The van der Waals surface area contributed by atoms with Crippen LogP contribution in [-0.4, -0.2) is 54.0 Å². The maximum Gasteiger partial charge on any atom is 0.341 e. The third-order valence-electron chi connectivity index (χ3n) is 7.91. The van der Waals surface area contributed by atoms with Crippen LogP contribution in [0.15, 0.2) is 67.1 Å². The number of fused-ring (bicyclic) bond motifs is 2. The van der Waals surface area contributed by atoms with Crippen LogP contribution in [0.25, 0.3) is 5.65 Å². The molecule has 0 fully saturated rings. The smallest absolute Gasteiger partial charge is 0.341 e. The average Bonchev–Trinajstić information content (AvgIpc) is 3.69. The van der Waals surface area contributed by atoms with E-state index in [9.17, 15) is 33.1 Å². The Bertz CT molecular complexity index is 2150. The van der Waals surface area contributed by atoms with Gasteiger partial charge < -0.3 is 26.2 Å². The lowest BCUT2D eigenvalue weighted by Gasteiger charge is -2.21. The number of ether oxygens (including phenoxy) is 1. The molecule has 2 aromatic carbocycles. The number of amides is 2. The van der Waals surface area contributed by atoms with Gasteiger partial charge in [-0.1, -0.05) is 12.1 Å². The highest BCUT2D eigenvalue weighted by atomic mass is 19.2. The highest BCUT2D eigenvalue weighted by molar-refractivity contribution is 6.01. The van der Waals surface area contributed by atoms with E-state index in [0.717, 1.165) is 39.5 Å². The number of benzene rings is 2. The fourth-order valence-electron chi connectivity index (χ4n) is 5.51. The van der Waals surface area contributed by atoms with E-state index in [0.29, 0.717) is 24.1 Å². The van der Waals surface area contributed by atoms with E-state index >= 15 is 0 Å². The van der Waals surface area contributed by atoms with Crippen molar-refractivity contribution in [2.24, 2.45) is 0 Å². The number of aromatic carboxylic acids is 1. The predicted molar refractivity (Wildman–Crippen MR) is 181 cm³/mol. The van der Waals surface area contributed by atoms with E-state index in [4.69, 9.17) is 10.5 Å². The average molecular weight is 700 g/mol. The maximum absolute atomic E-state index is 13.6. The molecule has 2 amide bonds. The Labute approximate surface area is 290 Å². The molecule has 5 aromatic rings. The van der Waals surface area contributed by atoms with Crippen LogP contribution in [0.2, 0.25) is 0 Å². The van der Waals surface area contributed by atoms with Crippen molar-refractivity contribution >= 4 is 35.1 Å². The first kappa shape index (κ1) is 36.0. The fraction of sp³-hybridized carbons (Fsp3) is 0.250. The zero-order valence-corrected chi connectivity index (χ0v) is 28.2. The third-order valence-corrected chi connectivity index (χ3v) is 7.91. The topological polar surface area (TPSA) is 191 Å². The molecule has 0 saturated heterocycles. The van der Waals surface area contributed by atoms with Gasteiger partial charge in [0.2, 0.25) is 0 Å². The summed E-state index contributed by atoms with van der Waals surface area (Å²) in [7, 11) is 0. The minimum Gasteiger partial charge on any atom is -0.477 e. The molecule has 5 N–H and O–H groups in total. The number of nitrogen functional groups attached to an aromatic ring is 1. The van der Waals surface area contributed by atoms with Crippen molar-refractivity contribution in [1.82, 2.24) is 30.2 Å². The number of carboxylic acid groups (broad SMARTS) is 1. The van der Waals surface area contributed by atoms with E-state index < -0.39 is 47.0 Å². The van der Waals surface area contributed by atoms with Gasteiger partial charge in [0.25, 0.3) is 11.8 Å². The van der Waals surface area contributed by atoms with Crippen LogP contribution >= 0.6 is 0 Å². The summed E-state index contributed by atoms with van der Waals surface area (Å²) >= 11 is 0. The molecule has 6 rings (SSSR count). The second-order valence-electron chi connectivity index (χ2n) is 12.7. The normalized spacial score (nSPS) is 13.5. The molecule has 3 aromatic heterocycles. The van der Waals surface area contributed by atoms with Gasteiger partial charge in [0.1, 0.15) is 22.6 Å². The van der Waals surface area contributed by atoms with Gasteiger partial charge in [-0.3, -0.25) is 14.6 Å². The largest absolute Gasteiger partial charge is 0.477 e. The summed E-state index contributed by atoms with van der Waals surface area (Å²) in [6.07, 6.45) is 5.46. The molecule has 13 nitrogen and oxygen atoms in total. The van der Waals surface area contributed by atoms with Crippen molar-refractivity contribution in [3.8, 4) is 0 Å². The molecule has 51 heavy (non-hydrogen) atoms. The lowest BCUT2D eigenvalue weighted by atomic mass is 9.97. The summed E-state index contributed by atoms with van der Waals surface area (Å²) in [4.78, 5) is 59.1. The summed E-state index contributed by atoms with van der Waals surface area (Å²) in [5, 5.41) is 19.1. The number of carboxylic acids is 1. The van der Waals surface area contributed by atoms with Gasteiger partial charge in [-0.05, 0) is 93.1 Å².